The van der Waals surface area contributed by atoms with Crippen LogP contribution in [0.4, 0.5) is 4.39 Å². The summed E-state index contributed by atoms with van der Waals surface area (Å²) in [7, 11) is 1.56. The standard InChI is InChI=1S/C19H19FO/c1-3-4-5-15-6-8-16(9-7-15)10-11-17-14-18(20)12-13-19(17)21-2/h6-9,12-14H,3-5H2,1-2H3. The van der Waals surface area contributed by atoms with Gasteiger partial charge in [-0.25, -0.2) is 4.39 Å². The molecule has 0 aromatic heterocycles. The number of hydrogen-bond donors (Lipinski definition) is 0. The van der Waals surface area contributed by atoms with Crippen LogP contribution in [0.5, 0.6) is 5.75 Å². The molecule has 0 atom stereocenters. The molecular formula is C19H19FO. The largest absolute Gasteiger partial charge is 0.495 e. The van der Waals surface area contributed by atoms with Crippen LogP contribution in [0.15, 0.2) is 42.5 Å². The van der Waals surface area contributed by atoms with Crippen molar-refractivity contribution in [3.8, 4) is 17.6 Å². The van der Waals surface area contributed by atoms with E-state index in [-0.39, 0.29) is 5.82 Å². The first-order valence-corrected chi connectivity index (χ1v) is 7.17. The maximum Gasteiger partial charge on any atom is 0.134 e. The lowest BCUT2D eigenvalue weighted by atomic mass is 10.1. The second kappa shape index (κ2) is 7.50. The van der Waals surface area contributed by atoms with Crippen molar-refractivity contribution in [3.05, 3.63) is 65.0 Å². The number of aryl methyl sites for hydroxylation is 1. The molecule has 1 nitrogen and oxygen atoms in total. The van der Waals surface area contributed by atoms with Gasteiger partial charge in [-0.1, -0.05) is 37.3 Å². The zero-order valence-corrected chi connectivity index (χ0v) is 12.4. The van der Waals surface area contributed by atoms with Crippen molar-refractivity contribution >= 4 is 0 Å². The Bertz CT molecular complexity index is 648. The number of rotatable bonds is 4. The summed E-state index contributed by atoms with van der Waals surface area (Å²) in [5, 5.41) is 0. The second-order valence-corrected chi connectivity index (χ2v) is 4.90. The summed E-state index contributed by atoms with van der Waals surface area (Å²) in [5.41, 5.74) is 2.81. The Morgan fingerprint density at radius 2 is 1.81 bits per heavy atom. The third-order valence-electron chi connectivity index (χ3n) is 3.28. The zero-order valence-electron chi connectivity index (χ0n) is 12.4. The first-order valence-electron chi connectivity index (χ1n) is 7.17. The maximum absolute atomic E-state index is 13.3. The summed E-state index contributed by atoms with van der Waals surface area (Å²) in [6.45, 7) is 2.19. The van der Waals surface area contributed by atoms with Crippen LogP contribution in [-0.4, -0.2) is 7.11 Å². The highest BCUT2D eigenvalue weighted by Crippen LogP contribution is 2.18. The number of hydrogen-bond acceptors (Lipinski definition) is 1. The third-order valence-corrected chi connectivity index (χ3v) is 3.28. The molecule has 2 rings (SSSR count). The Kier molecular flexibility index (Phi) is 5.40. The van der Waals surface area contributed by atoms with E-state index in [0.717, 1.165) is 12.0 Å². The van der Waals surface area contributed by atoms with Crippen molar-refractivity contribution < 1.29 is 9.13 Å². The lowest BCUT2D eigenvalue weighted by molar-refractivity contribution is 0.412. The van der Waals surface area contributed by atoms with Crippen molar-refractivity contribution in [2.75, 3.05) is 7.11 Å². The molecule has 0 spiro atoms. The van der Waals surface area contributed by atoms with Crippen molar-refractivity contribution in [1.82, 2.24) is 0 Å². The molecular weight excluding hydrogens is 263 g/mol. The maximum atomic E-state index is 13.3. The molecule has 108 valence electrons. The molecule has 21 heavy (non-hydrogen) atoms. The van der Waals surface area contributed by atoms with Gasteiger partial charge in [0, 0.05) is 5.56 Å². The van der Waals surface area contributed by atoms with E-state index in [1.165, 1.54) is 30.5 Å². The van der Waals surface area contributed by atoms with Crippen molar-refractivity contribution in [1.29, 1.82) is 0 Å². The molecule has 2 aromatic carbocycles. The van der Waals surface area contributed by atoms with E-state index in [4.69, 9.17) is 4.74 Å². The molecule has 0 aliphatic rings. The first-order chi connectivity index (χ1) is 10.2. The van der Waals surface area contributed by atoms with Crippen LogP contribution in [0.1, 0.15) is 36.5 Å². The van der Waals surface area contributed by atoms with Crippen molar-refractivity contribution in [2.24, 2.45) is 0 Å². The van der Waals surface area contributed by atoms with E-state index in [1.54, 1.807) is 13.2 Å². The Morgan fingerprint density at radius 1 is 1.05 bits per heavy atom. The molecule has 0 aliphatic heterocycles. The van der Waals surface area contributed by atoms with E-state index in [0.29, 0.717) is 11.3 Å². The number of ether oxygens (including phenoxy) is 1. The lowest BCUT2D eigenvalue weighted by Gasteiger charge is -2.02. The van der Waals surface area contributed by atoms with Gasteiger partial charge in [-0.15, -0.1) is 0 Å². The molecule has 0 saturated heterocycles. The SMILES string of the molecule is CCCCc1ccc(C#Cc2cc(F)ccc2OC)cc1. The molecule has 0 unspecified atom stereocenters. The minimum Gasteiger partial charge on any atom is -0.495 e. The summed E-state index contributed by atoms with van der Waals surface area (Å²) in [6.07, 6.45) is 3.49. The first kappa shape index (κ1) is 15.1. The molecule has 2 heteroatoms. The van der Waals surface area contributed by atoms with Gasteiger partial charge in [0.2, 0.25) is 0 Å². The lowest BCUT2D eigenvalue weighted by Crippen LogP contribution is -1.89. The van der Waals surface area contributed by atoms with Crippen LogP contribution < -0.4 is 4.74 Å². The minimum atomic E-state index is -0.310. The fourth-order valence-electron chi connectivity index (χ4n) is 2.05. The highest BCUT2D eigenvalue weighted by molar-refractivity contribution is 5.50. The molecule has 0 radical (unpaired) electrons. The van der Waals surface area contributed by atoms with E-state index in [1.807, 2.05) is 12.1 Å². The molecule has 0 heterocycles. The number of benzene rings is 2. The Hall–Kier alpha value is -2.27. The normalized spacial score (nSPS) is 9.86. The van der Waals surface area contributed by atoms with E-state index < -0.39 is 0 Å². The Labute approximate surface area is 125 Å². The minimum absolute atomic E-state index is 0.310. The van der Waals surface area contributed by atoms with E-state index in [2.05, 4.69) is 30.9 Å². The quantitative estimate of drug-likeness (QED) is 0.746. The van der Waals surface area contributed by atoms with Crippen LogP contribution in [0.3, 0.4) is 0 Å². The van der Waals surface area contributed by atoms with Crippen molar-refractivity contribution in [3.63, 3.8) is 0 Å². The van der Waals surface area contributed by atoms with Crippen LogP contribution in [0, 0.1) is 17.7 Å². The average molecular weight is 282 g/mol. The third kappa shape index (κ3) is 4.36. The Balaban J connectivity index is 2.17. The monoisotopic (exact) mass is 282 g/mol. The van der Waals surface area contributed by atoms with Gasteiger partial charge >= 0.3 is 0 Å². The molecule has 0 saturated carbocycles. The van der Waals surface area contributed by atoms with Gasteiger partial charge in [-0.3, -0.25) is 0 Å². The van der Waals surface area contributed by atoms with E-state index >= 15 is 0 Å². The van der Waals surface area contributed by atoms with Gasteiger partial charge in [0.05, 0.1) is 12.7 Å². The number of unbranched alkanes of at least 4 members (excludes halogenated alkanes) is 1. The molecule has 0 fully saturated rings. The topological polar surface area (TPSA) is 9.23 Å². The van der Waals surface area contributed by atoms with Crippen LogP contribution in [0.2, 0.25) is 0 Å². The van der Waals surface area contributed by atoms with Crippen LogP contribution in [0.25, 0.3) is 0 Å². The van der Waals surface area contributed by atoms with Gasteiger partial charge in [-0.2, -0.15) is 0 Å². The highest BCUT2D eigenvalue weighted by atomic mass is 19.1. The summed E-state index contributed by atoms with van der Waals surface area (Å²) >= 11 is 0. The predicted molar refractivity (Wildman–Crippen MR) is 84.0 cm³/mol. The Morgan fingerprint density at radius 3 is 2.48 bits per heavy atom. The van der Waals surface area contributed by atoms with E-state index in [9.17, 15) is 4.39 Å². The highest BCUT2D eigenvalue weighted by Gasteiger charge is 2.01. The van der Waals surface area contributed by atoms with Gasteiger partial charge in [0.25, 0.3) is 0 Å². The fourth-order valence-corrected chi connectivity index (χ4v) is 2.05. The van der Waals surface area contributed by atoms with Crippen LogP contribution in [-0.2, 0) is 6.42 Å². The zero-order chi connectivity index (χ0) is 15.1. The van der Waals surface area contributed by atoms with Gasteiger partial charge in [0.1, 0.15) is 11.6 Å². The molecule has 2 aromatic rings. The summed E-state index contributed by atoms with van der Waals surface area (Å²) in [5.74, 6) is 6.29. The summed E-state index contributed by atoms with van der Waals surface area (Å²) in [4.78, 5) is 0. The number of halogens is 1. The smallest absolute Gasteiger partial charge is 0.134 e. The molecule has 0 N–H and O–H groups in total. The summed E-state index contributed by atoms with van der Waals surface area (Å²) < 4.78 is 18.4. The van der Waals surface area contributed by atoms with Crippen LogP contribution >= 0.6 is 0 Å². The predicted octanol–water partition coefficient (Wildman–Crippen LogP) is 4.58. The molecule has 0 aliphatic carbocycles. The van der Waals surface area contributed by atoms with Crippen molar-refractivity contribution in [2.45, 2.75) is 26.2 Å². The average Bonchev–Trinajstić information content (AvgIpc) is 2.52. The molecule has 0 amide bonds. The van der Waals surface area contributed by atoms with Gasteiger partial charge in [0.15, 0.2) is 0 Å². The van der Waals surface area contributed by atoms with Gasteiger partial charge < -0.3 is 4.74 Å². The second-order valence-electron chi connectivity index (χ2n) is 4.90. The summed E-state index contributed by atoms with van der Waals surface area (Å²) in [6, 6.07) is 12.6. The molecule has 0 bridgehead atoms. The fraction of sp³-hybridized carbons (Fsp3) is 0.263. The van der Waals surface area contributed by atoms with Gasteiger partial charge in [-0.05, 0) is 48.7 Å². The number of methoxy groups -OCH3 is 1.